The molecular weight excluding hydrogens is 372 g/mol. The normalized spacial score (nSPS) is 10.6. The second-order valence-electron chi connectivity index (χ2n) is 5.95. The summed E-state index contributed by atoms with van der Waals surface area (Å²) in [5.41, 5.74) is 0.652. The average molecular weight is 394 g/mol. The van der Waals surface area contributed by atoms with Crippen LogP contribution in [0.2, 0.25) is 0 Å². The molecule has 2 N–H and O–H groups in total. The molecule has 2 amide bonds. The fourth-order valence-electron chi connectivity index (χ4n) is 2.40. The van der Waals surface area contributed by atoms with E-state index in [0.717, 1.165) is 10.4 Å². The van der Waals surface area contributed by atoms with Crippen LogP contribution in [-0.2, 0) is 25.7 Å². The Morgan fingerprint density at radius 1 is 1.22 bits per heavy atom. The Labute approximate surface area is 159 Å². The Morgan fingerprint density at radius 2 is 1.96 bits per heavy atom. The van der Waals surface area contributed by atoms with Crippen molar-refractivity contribution in [3.8, 4) is 0 Å². The molecule has 0 aromatic carbocycles. The summed E-state index contributed by atoms with van der Waals surface area (Å²) in [6.07, 6.45) is 1.95. The van der Waals surface area contributed by atoms with Gasteiger partial charge in [-0.2, -0.15) is 0 Å². The number of aromatic nitrogens is 2. The summed E-state index contributed by atoms with van der Waals surface area (Å²) in [7, 11) is 1.24. The van der Waals surface area contributed by atoms with Gasteiger partial charge in [0.05, 0.1) is 18.8 Å². The minimum absolute atomic E-state index is 0.134. The van der Waals surface area contributed by atoms with Crippen molar-refractivity contribution in [2.45, 2.75) is 33.2 Å². The Balaban J connectivity index is 1.81. The van der Waals surface area contributed by atoms with Gasteiger partial charge in [0.2, 0.25) is 11.8 Å². The third kappa shape index (κ3) is 5.36. The molecule has 0 fully saturated rings. The first-order valence-electron chi connectivity index (χ1n) is 8.38. The molecule has 2 aromatic rings. The number of rotatable bonds is 8. The van der Waals surface area contributed by atoms with E-state index in [1.807, 2.05) is 13.8 Å². The number of aryl methyl sites for hydroxylation is 2. The van der Waals surface area contributed by atoms with Gasteiger partial charge in [-0.05, 0) is 25.8 Å². The van der Waals surface area contributed by atoms with Crippen LogP contribution < -0.4 is 16.2 Å². The molecular formula is C17H22N4O5S. The first kappa shape index (κ1) is 20.6. The maximum atomic E-state index is 12.5. The third-order valence-electron chi connectivity index (χ3n) is 4.03. The lowest BCUT2D eigenvalue weighted by Crippen LogP contribution is -2.34. The zero-order chi connectivity index (χ0) is 20.0. The summed E-state index contributed by atoms with van der Waals surface area (Å²) in [6.45, 7) is 3.77. The Kier molecular flexibility index (Phi) is 7.05. The molecule has 0 radical (unpaired) electrons. The van der Waals surface area contributed by atoms with Gasteiger partial charge in [0.1, 0.15) is 17.9 Å². The van der Waals surface area contributed by atoms with E-state index in [-0.39, 0.29) is 43.4 Å². The van der Waals surface area contributed by atoms with E-state index in [4.69, 9.17) is 0 Å². The molecule has 2 heterocycles. The maximum absolute atomic E-state index is 12.5. The molecule has 0 bridgehead atoms. The topological polar surface area (TPSA) is 119 Å². The zero-order valence-electron chi connectivity index (χ0n) is 15.5. The van der Waals surface area contributed by atoms with Crippen LogP contribution in [0.4, 0.5) is 0 Å². The van der Waals surface area contributed by atoms with E-state index in [9.17, 15) is 19.2 Å². The fraction of sp³-hybridized carbons (Fsp3) is 0.471. The number of carbonyl (C=O) groups excluding carboxylic acids is 3. The first-order chi connectivity index (χ1) is 12.8. The number of esters is 1. The van der Waals surface area contributed by atoms with Gasteiger partial charge in [-0.25, -0.2) is 4.98 Å². The predicted octanol–water partition coefficient (Wildman–Crippen LogP) is 0.260. The molecule has 0 spiro atoms. The third-order valence-corrected chi connectivity index (χ3v) is 5.15. The molecule has 0 aliphatic rings. The van der Waals surface area contributed by atoms with Crippen LogP contribution in [0.3, 0.4) is 0 Å². The largest absolute Gasteiger partial charge is 0.468 e. The van der Waals surface area contributed by atoms with Crippen LogP contribution in [0.25, 0.3) is 10.2 Å². The van der Waals surface area contributed by atoms with Gasteiger partial charge in [-0.15, -0.1) is 11.3 Å². The van der Waals surface area contributed by atoms with Crippen molar-refractivity contribution in [1.82, 2.24) is 20.2 Å². The maximum Gasteiger partial charge on any atom is 0.325 e. The summed E-state index contributed by atoms with van der Waals surface area (Å²) in [5.74, 6) is -1.16. The average Bonchev–Trinajstić information content (AvgIpc) is 2.93. The zero-order valence-corrected chi connectivity index (χ0v) is 16.3. The lowest BCUT2D eigenvalue weighted by molar-refractivity contribution is -0.141. The SMILES string of the molecule is COC(=O)CNC(=O)CCCNC(=O)Cn1cnc2sc(C)c(C)c2c1=O. The molecule has 10 heteroatoms. The predicted molar refractivity (Wildman–Crippen MR) is 101 cm³/mol. The number of thiophene rings is 1. The van der Waals surface area contributed by atoms with E-state index < -0.39 is 5.97 Å². The van der Waals surface area contributed by atoms with Gasteiger partial charge < -0.3 is 15.4 Å². The second-order valence-corrected chi connectivity index (χ2v) is 7.15. The van der Waals surface area contributed by atoms with E-state index in [0.29, 0.717) is 16.6 Å². The van der Waals surface area contributed by atoms with E-state index >= 15 is 0 Å². The number of amides is 2. The van der Waals surface area contributed by atoms with Crippen LogP contribution in [0.15, 0.2) is 11.1 Å². The van der Waals surface area contributed by atoms with Gasteiger partial charge in [-0.1, -0.05) is 0 Å². The molecule has 0 saturated carbocycles. The highest BCUT2D eigenvalue weighted by atomic mass is 32.1. The molecule has 2 rings (SSSR count). The van der Waals surface area contributed by atoms with Gasteiger partial charge >= 0.3 is 5.97 Å². The molecule has 0 aliphatic carbocycles. The van der Waals surface area contributed by atoms with Crippen molar-refractivity contribution in [2.24, 2.45) is 0 Å². The van der Waals surface area contributed by atoms with E-state index in [1.54, 1.807) is 0 Å². The number of carbonyl (C=O) groups is 3. The highest BCUT2D eigenvalue weighted by molar-refractivity contribution is 7.18. The minimum atomic E-state index is -0.524. The number of fused-ring (bicyclic) bond motifs is 1. The molecule has 0 unspecified atom stereocenters. The van der Waals surface area contributed by atoms with E-state index in [1.165, 1.54) is 29.3 Å². The monoisotopic (exact) mass is 394 g/mol. The van der Waals surface area contributed by atoms with Crippen molar-refractivity contribution >= 4 is 39.3 Å². The molecule has 9 nitrogen and oxygen atoms in total. The number of ether oxygens (including phenoxy) is 1. The molecule has 0 aliphatic heterocycles. The van der Waals surface area contributed by atoms with Crippen LogP contribution in [0.1, 0.15) is 23.3 Å². The lowest BCUT2D eigenvalue weighted by atomic mass is 10.2. The van der Waals surface area contributed by atoms with Gasteiger partial charge in [0.15, 0.2) is 0 Å². The second kappa shape index (κ2) is 9.26. The highest BCUT2D eigenvalue weighted by Gasteiger charge is 2.13. The molecule has 2 aromatic heterocycles. The smallest absolute Gasteiger partial charge is 0.325 e. The quantitative estimate of drug-likeness (QED) is 0.490. The van der Waals surface area contributed by atoms with Crippen LogP contribution >= 0.6 is 11.3 Å². The summed E-state index contributed by atoms with van der Waals surface area (Å²) < 4.78 is 5.69. The summed E-state index contributed by atoms with van der Waals surface area (Å²) in [5, 5.41) is 5.63. The summed E-state index contributed by atoms with van der Waals surface area (Å²) >= 11 is 1.46. The van der Waals surface area contributed by atoms with Crippen molar-refractivity contribution < 1.29 is 19.1 Å². The Bertz CT molecular complexity index is 918. The molecule has 0 saturated heterocycles. The molecule has 0 atom stereocenters. The Hall–Kier alpha value is -2.75. The van der Waals surface area contributed by atoms with Crippen molar-refractivity contribution in [1.29, 1.82) is 0 Å². The van der Waals surface area contributed by atoms with Crippen LogP contribution in [0.5, 0.6) is 0 Å². The number of methoxy groups -OCH3 is 1. The number of nitrogens with one attached hydrogen (secondary N) is 2. The van der Waals surface area contributed by atoms with Gasteiger partial charge in [0, 0.05) is 17.8 Å². The molecule has 146 valence electrons. The van der Waals surface area contributed by atoms with Gasteiger partial charge in [0.25, 0.3) is 5.56 Å². The van der Waals surface area contributed by atoms with Gasteiger partial charge in [-0.3, -0.25) is 23.7 Å². The Morgan fingerprint density at radius 3 is 2.67 bits per heavy atom. The highest BCUT2D eigenvalue weighted by Crippen LogP contribution is 2.25. The van der Waals surface area contributed by atoms with Crippen molar-refractivity contribution in [3.05, 3.63) is 27.1 Å². The minimum Gasteiger partial charge on any atom is -0.468 e. The van der Waals surface area contributed by atoms with E-state index in [2.05, 4.69) is 20.4 Å². The fourth-order valence-corrected chi connectivity index (χ4v) is 3.39. The van der Waals surface area contributed by atoms with Crippen molar-refractivity contribution in [3.63, 3.8) is 0 Å². The number of hydrogen-bond donors (Lipinski definition) is 2. The lowest BCUT2D eigenvalue weighted by Gasteiger charge is -2.08. The summed E-state index contributed by atoms with van der Waals surface area (Å²) in [6, 6.07) is 0. The standard InChI is InChI=1S/C17H22N4O5S/c1-10-11(2)27-16-15(10)17(25)21(9-20-16)8-13(23)18-6-4-5-12(22)19-7-14(24)26-3/h9H,4-8H2,1-3H3,(H,18,23)(H,19,22). The van der Waals surface area contributed by atoms with Crippen molar-refractivity contribution in [2.75, 3.05) is 20.2 Å². The van der Waals surface area contributed by atoms with Crippen LogP contribution in [-0.4, -0.2) is 47.5 Å². The first-order valence-corrected chi connectivity index (χ1v) is 9.20. The summed E-state index contributed by atoms with van der Waals surface area (Å²) in [4.78, 5) is 52.9. The number of nitrogens with zero attached hydrogens (tertiary/aromatic N) is 2. The molecule has 27 heavy (non-hydrogen) atoms. The van der Waals surface area contributed by atoms with Crippen LogP contribution in [0, 0.1) is 13.8 Å². The number of hydrogen-bond acceptors (Lipinski definition) is 7.